The highest BCUT2D eigenvalue weighted by Crippen LogP contribution is 2.39. The van der Waals surface area contributed by atoms with Crippen LogP contribution in [0, 0.1) is 17.0 Å². The van der Waals surface area contributed by atoms with Gasteiger partial charge in [-0.25, -0.2) is 4.79 Å². The molecule has 1 aliphatic rings. The van der Waals surface area contributed by atoms with E-state index in [2.05, 4.69) is 15.9 Å². The standard InChI is InChI=1S/C23H14BrNO6/c1-13-19(31-23(27)15-5-7-16(24)8-6-15)10-9-18-21(26)20(30-22(13)18)12-14-3-2-4-17(11-14)25(28)29/h2-12H,1H3/b20-12-. The Bertz CT molecular complexity index is 1260. The van der Waals surface area contributed by atoms with Crippen molar-refractivity contribution in [2.24, 2.45) is 0 Å². The van der Waals surface area contributed by atoms with Crippen molar-refractivity contribution in [2.75, 3.05) is 0 Å². The molecule has 0 fully saturated rings. The van der Waals surface area contributed by atoms with E-state index in [0.29, 0.717) is 28.0 Å². The number of ether oxygens (including phenoxy) is 2. The third-order valence-electron chi connectivity index (χ3n) is 4.70. The summed E-state index contributed by atoms with van der Waals surface area (Å²) in [4.78, 5) is 35.6. The van der Waals surface area contributed by atoms with Gasteiger partial charge in [-0.3, -0.25) is 14.9 Å². The molecule has 0 spiro atoms. The maximum atomic E-state index is 12.7. The lowest BCUT2D eigenvalue weighted by molar-refractivity contribution is -0.384. The van der Waals surface area contributed by atoms with E-state index >= 15 is 0 Å². The Morgan fingerprint density at radius 3 is 2.58 bits per heavy atom. The van der Waals surface area contributed by atoms with Crippen LogP contribution in [0.1, 0.15) is 31.8 Å². The summed E-state index contributed by atoms with van der Waals surface area (Å²) in [5, 5.41) is 11.0. The first kappa shape index (κ1) is 20.5. The van der Waals surface area contributed by atoms with Gasteiger partial charge in [0, 0.05) is 22.2 Å². The molecule has 0 saturated carbocycles. The zero-order valence-electron chi connectivity index (χ0n) is 16.1. The fraction of sp³-hybridized carbons (Fsp3) is 0.0435. The highest BCUT2D eigenvalue weighted by atomic mass is 79.9. The number of nitro benzene ring substituents is 1. The van der Waals surface area contributed by atoms with E-state index in [9.17, 15) is 19.7 Å². The van der Waals surface area contributed by atoms with E-state index in [1.807, 2.05) is 0 Å². The summed E-state index contributed by atoms with van der Waals surface area (Å²) < 4.78 is 12.1. The average molecular weight is 480 g/mol. The quantitative estimate of drug-likeness (QED) is 0.161. The van der Waals surface area contributed by atoms with Crippen LogP contribution in [0.3, 0.4) is 0 Å². The van der Waals surface area contributed by atoms with Crippen molar-refractivity contribution in [3.05, 3.63) is 103 Å². The monoisotopic (exact) mass is 479 g/mol. The zero-order chi connectivity index (χ0) is 22.1. The lowest BCUT2D eigenvalue weighted by Crippen LogP contribution is -2.09. The molecule has 0 unspecified atom stereocenters. The van der Waals surface area contributed by atoms with Crippen LogP contribution in [0.5, 0.6) is 11.5 Å². The van der Waals surface area contributed by atoms with Gasteiger partial charge in [-0.15, -0.1) is 0 Å². The van der Waals surface area contributed by atoms with Crippen LogP contribution in [0.15, 0.2) is 70.9 Å². The number of carbonyl (C=O) groups excluding carboxylic acids is 2. The molecular formula is C23H14BrNO6. The lowest BCUT2D eigenvalue weighted by atomic mass is 10.1. The molecule has 0 bridgehead atoms. The predicted octanol–water partition coefficient (Wildman–Crippen LogP) is 5.50. The van der Waals surface area contributed by atoms with Crippen LogP contribution in [0.2, 0.25) is 0 Å². The summed E-state index contributed by atoms with van der Waals surface area (Å²) in [7, 11) is 0. The number of rotatable bonds is 4. The van der Waals surface area contributed by atoms with Crippen molar-refractivity contribution in [1.82, 2.24) is 0 Å². The molecule has 7 nitrogen and oxygen atoms in total. The number of benzene rings is 3. The second-order valence-corrected chi connectivity index (χ2v) is 7.67. The molecule has 1 heterocycles. The summed E-state index contributed by atoms with van der Waals surface area (Å²) in [5.74, 6) is -0.281. The SMILES string of the molecule is Cc1c(OC(=O)c2ccc(Br)cc2)ccc2c1O/C(=C\c1cccc([N+](=O)[O-])c1)C2=O. The van der Waals surface area contributed by atoms with Crippen molar-refractivity contribution in [3.8, 4) is 11.5 Å². The van der Waals surface area contributed by atoms with E-state index in [4.69, 9.17) is 9.47 Å². The van der Waals surface area contributed by atoms with Gasteiger partial charge in [-0.2, -0.15) is 0 Å². The molecule has 31 heavy (non-hydrogen) atoms. The molecule has 4 rings (SSSR count). The Balaban J connectivity index is 1.61. The van der Waals surface area contributed by atoms with Gasteiger partial charge in [0.15, 0.2) is 5.76 Å². The van der Waals surface area contributed by atoms with Crippen molar-refractivity contribution < 1.29 is 24.0 Å². The smallest absolute Gasteiger partial charge is 0.343 e. The van der Waals surface area contributed by atoms with E-state index in [0.717, 1.165) is 4.47 Å². The van der Waals surface area contributed by atoms with Gasteiger partial charge in [0.1, 0.15) is 11.5 Å². The molecule has 0 aromatic heterocycles. The summed E-state index contributed by atoms with van der Waals surface area (Å²) in [6, 6.07) is 15.7. The molecule has 0 atom stereocenters. The van der Waals surface area contributed by atoms with E-state index in [1.54, 1.807) is 43.3 Å². The fourth-order valence-corrected chi connectivity index (χ4v) is 3.37. The first-order valence-corrected chi connectivity index (χ1v) is 9.93. The first-order valence-electron chi connectivity index (χ1n) is 9.13. The minimum Gasteiger partial charge on any atom is -0.452 e. The Labute approximate surface area is 185 Å². The molecule has 3 aromatic rings. The van der Waals surface area contributed by atoms with Crippen molar-refractivity contribution in [1.29, 1.82) is 0 Å². The lowest BCUT2D eigenvalue weighted by Gasteiger charge is -2.10. The number of hydrogen-bond donors (Lipinski definition) is 0. The van der Waals surface area contributed by atoms with Gasteiger partial charge in [0.05, 0.1) is 16.1 Å². The number of ketones is 1. The number of nitrogens with zero attached hydrogens (tertiary/aromatic N) is 1. The molecule has 0 amide bonds. The van der Waals surface area contributed by atoms with Crippen molar-refractivity contribution in [2.45, 2.75) is 6.92 Å². The highest BCUT2D eigenvalue weighted by Gasteiger charge is 2.30. The van der Waals surface area contributed by atoms with E-state index in [1.165, 1.54) is 30.3 Å². The average Bonchev–Trinajstić information content (AvgIpc) is 3.07. The molecule has 154 valence electrons. The van der Waals surface area contributed by atoms with Gasteiger partial charge < -0.3 is 9.47 Å². The number of Topliss-reactive ketones (excluding diaryl/α,β-unsaturated/α-hetero) is 1. The largest absolute Gasteiger partial charge is 0.452 e. The van der Waals surface area contributed by atoms with Gasteiger partial charge in [-0.05, 0) is 55.0 Å². The first-order chi connectivity index (χ1) is 14.8. The molecule has 0 radical (unpaired) electrons. The third-order valence-corrected chi connectivity index (χ3v) is 5.23. The number of allylic oxidation sites excluding steroid dienone is 1. The maximum absolute atomic E-state index is 12.7. The second-order valence-electron chi connectivity index (χ2n) is 6.75. The van der Waals surface area contributed by atoms with Crippen LogP contribution in [-0.2, 0) is 0 Å². The topological polar surface area (TPSA) is 95.7 Å². The molecule has 0 N–H and O–H groups in total. The van der Waals surface area contributed by atoms with E-state index in [-0.39, 0.29) is 23.0 Å². The minimum absolute atomic E-state index is 0.0370. The van der Waals surface area contributed by atoms with Gasteiger partial charge in [-0.1, -0.05) is 28.1 Å². The van der Waals surface area contributed by atoms with Crippen LogP contribution in [-0.4, -0.2) is 16.7 Å². The number of hydrogen-bond acceptors (Lipinski definition) is 6. The van der Waals surface area contributed by atoms with Crippen molar-refractivity contribution in [3.63, 3.8) is 0 Å². The minimum atomic E-state index is -0.535. The van der Waals surface area contributed by atoms with Crippen LogP contribution < -0.4 is 9.47 Å². The number of esters is 1. The molecule has 8 heteroatoms. The van der Waals surface area contributed by atoms with Crippen LogP contribution in [0.4, 0.5) is 5.69 Å². The highest BCUT2D eigenvalue weighted by molar-refractivity contribution is 9.10. The van der Waals surface area contributed by atoms with Crippen LogP contribution >= 0.6 is 15.9 Å². The van der Waals surface area contributed by atoms with Gasteiger partial charge >= 0.3 is 5.97 Å². The zero-order valence-corrected chi connectivity index (χ0v) is 17.7. The fourth-order valence-electron chi connectivity index (χ4n) is 3.10. The molecule has 0 aliphatic carbocycles. The number of halogens is 1. The summed E-state index contributed by atoms with van der Waals surface area (Å²) in [6.45, 7) is 1.69. The van der Waals surface area contributed by atoms with Crippen LogP contribution in [0.25, 0.3) is 6.08 Å². The third kappa shape index (κ3) is 4.10. The number of fused-ring (bicyclic) bond motifs is 1. The Morgan fingerprint density at radius 2 is 1.87 bits per heavy atom. The number of nitro groups is 1. The summed E-state index contributed by atoms with van der Waals surface area (Å²) in [6.07, 6.45) is 1.45. The Hall–Kier alpha value is -3.78. The van der Waals surface area contributed by atoms with Gasteiger partial charge in [0.2, 0.25) is 5.78 Å². The molecule has 1 aliphatic heterocycles. The molecule has 3 aromatic carbocycles. The summed E-state index contributed by atoms with van der Waals surface area (Å²) >= 11 is 3.31. The van der Waals surface area contributed by atoms with Gasteiger partial charge in [0.25, 0.3) is 5.69 Å². The molecule has 0 saturated heterocycles. The molecular weight excluding hydrogens is 466 g/mol. The Morgan fingerprint density at radius 1 is 1.13 bits per heavy atom. The number of carbonyl (C=O) groups is 2. The summed E-state index contributed by atoms with van der Waals surface area (Å²) in [5.41, 5.74) is 1.59. The van der Waals surface area contributed by atoms with Crippen molar-refractivity contribution >= 4 is 39.4 Å². The van der Waals surface area contributed by atoms with E-state index < -0.39 is 10.9 Å². The number of non-ortho nitro benzene ring substituents is 1. The normalized spacial score (nSPS) is 13.6. The maximum Gasteiger partial charge on any atom is 0.343 e. The predicted molar refractivity (Wildman–Crippen MR) is 116 cm³/mol. The Kier molecular flexibility index (Phi) is 5.39. The second kappa shape index (κ2) is 8.16.